The molecule has 5 nitrogen and oxygen atoms in total. The van der Waals surface area contributed by atoms with Gasteiger partial charge in [-0.3, -0.25) is 4.79 Å². The summed E-state index contributed by atoms with van der Waals surface area (Å²) in [6.07, 6.45) is 2.73. The standard InChI is InChI=1S/C13H18N2O3S/c1-19(17,18)11-8-5-9-13(11,12(14)16)15-10-6-3-2-4-7-10/h2-4,6-7,11,15H,5,8-9H2,1H3,(H2,14,16). The van der Waals surface area contributed by atoms with Crippen LogP contribution in [0.25, 0.3) is 0 Å². The average molecular weight is 282 g/mol. The molecule has 1 aliphatic rings. The highest BCUT2D eigenvalue weighted by Crippen LogP contribution is 2.37. The molecule has 1 aromatic rings. The van der Waals surface area contributed by atoms with Crippen LogP contribution < -0.4 is 11.1 Å². The largest absolute Gasteiger partial charge is 0.370 e. The van der Waals surface area contributed by atoms with Crippen LogP contribution in [0.1, 0.15) is 19.3 Å². The zero-order valence-corrected chi connectivity index (χ0v) is 11.6. The van der Waals surface area contributed by atoms with Gasteiger partial charge in [0, 0.05) is 11.9 Å². The van der Waals surface area contributed by atoms with Gasteiger partial charge in [0.25, 0.3) is 0 Å². The number of benzene rings is 1. The monoisotopic (exact) mass is 282 g/mol. The third kappa shape index (κ3) is 2.58. The van der Waals surface area contributed by atoms with E-state index in [-0.39, 0.29) is 0 Å². The number of carbonyl (C=O) groups is 1. The minimum atomic E-state index is -3.34. The molecule has 0 saturated heterocycles. The van der Waals surface area contributed by atoms with Crippen molar-refractivity contribution in [3.05, 3.63) is 30.3 Å². The van der Waals surface area contributed by atoms with Crippen LogP contribution in [0.15, 0.2) is 30.3 Å². The lowest BCUT2D eigenvalue weighted by atomic mass is 9.95. The molecule has 1 amide bonds. The number of carbonyl (C=O) groups excluding carboxylic acids is 1. The van der Waals surface area contributed by atoms with E-state index >= 15 is 0 Å². The second-order valence-corrected chi connectivity index (χ2v) is 7.27. The van der Waals surface area contributed by atoms with E-state index in [0.717, 1.165) is 6.26 Å². The maximum absolute atomic E-state index is 11.9. The first-order valence-corrected chi connectivity index (χ1v) is 8.14. The lowest BCUT2D eigenvalue weighted by molar-refractivity contribution is -0.122. The summed E-state index contributed by atoms with van der Waals surface area (Å²) in [5, 5.41) is 2.29. The second kappa shape index (κ2) is 4.85. The van der Waals surface area contributed by atoms with Crippen LogP contribution in [0.3, 0.4) is 0 Å². The molecule has 0 heterocycles. The van der Waals surface area contributed by atoms with Crippen LogP contribution in [0, 0.1) is 0 Å². The van der Waals surface area contributed by atoms with E-state index in [9.17, 15) is 13.2 Å². The van der Waals surface area contributed by atoms with Gasteiger partial charge in [0.05, 0.1) is 5.25 Å². The van der Waals surface area contributed by atoms with Crippen molar-refractivity contribution in [3.63, 3.8) is 0 Å². The van der Waals surface area contributed by atoms with Crippen LogP contribution in [0.2, 0.25) is 0 Å². The van der Waals surface area contributed by atoms with Gasteiger partial charge < -0.3 is 11.1 Å². The van der Waals surface area contributed by atoms with Gasteiger partial charge in [0.1, 0.15) is 5.54 Å². The topological polar surface area (TPSA) is 89.3 Å². The van der Waals surface area contributed by atoms with E-state index in [2.05, 4.69) is 5.32 Å². The maximum Gasteiger partial charge on any atom is 0.244 e. The first-order valence-electron chi connectivity index (χ1n) is 6.18. The fraction of sp³-hybridized carbons (Fsp3) is 0.462. The first-order chi connectivity index (χ1) is 8.86. The molecular formula is C13H18N2O3S. The number of rotatable bonds is 4. The highest BCUT2D eigenvalue weighted by molar-refractivity contribution is 7.91. The van der Waals surface area contributed by atoms with Crippen LogP contribution in [-0.2, 0) is 14.6 Å². The van der Waals surface area contributed by atoms with Crippen LogP contribution in [0.4, 0.5) is 5.69 Å². The number of hydrogen-bond donors (Lipinski definition) is 2. The van der Waals surface area contributed by atoms with Gasteiger partial charge in [0.15, 0.2) is 9.84 Å². The summed E-state index contributed by atoms with van der Waals surface area (Å²) in [4.78, 5) is 11.9. The van der Waals surface area contributed by atoms with E-state index < -0.39 is 26.5 Å². The summed E-state index contributed by atoms with van der Waals surface area (Å²) < 4.78 is 23.8. The maximum atomic E-state index is 11.9. The first kappa shape index (κ1) is 13.9. The molecule has 0 aromatic heterocycles. The van der Waals surface area contributed by atoms with E-state index in [1.165, 1.54) is 0 Å². The van der Waals surface area contributed by atoms with E-state index in [0.29, 0.717) is 24.9 Å². The summed E-state index contributed by atoms with van der Waals surface area (Å²) in [6.45, 7) is 0. The molecule has 2 atom stereocenters. The van der Waals surface area contributed by atoms with Crippen molar-refractivity contribution >= 4 is 21.4 Å². The fourth-order valence-electron chi connectivity index (χ4n) is 2.82. The Balaban J connectivity index is 2.41. The molecule has 0 bridgehead atoms. The molecule has 2 rings (SSSR count). The molecule has 0 radical (unpaired) electrons. The molecule has 19 heavy (non-hydrogen) atoms. The SMILES string of the molecule is CS(=O)(=O)C1CCCC1(Nc1ccccc1)C(N)=O. The second-order valence-electron chi connectivity index (χ2n) is 5.04. The fourth-order valence-corrected chi connectivity index (χ4v) is 4.44. The molecule has 104 valence electrons. The number of amides is 1. The van der Waals surface area contributed by atoms with Gasteiger partial charge in [-0.05, 0) is 31.4 Å². The summed E-state index contributed by atoms with van der Waals surface area (Å²) in [5.41, 5.74) is 5.01. The molecule has 6 heteroatoms. The minimum absolute atomic E-state index is 0.439. The van der Waals surface area contributed by atoms with Crippen molar-refractivity contribution in [2.24, 2.45) is 5.73 Å². The number of nitrogens with one attached hydrogen (secondary N) is 1. The Hall–Kier alpha value is -1.56. The Morgan fingerprint density at radius 1 is 1.37 bits per heavy atom. The number of nitrogens with two attached hydrogens (primary N) is 1. The third-order valence-corrected chi connectivity index (χ3v) is 5.36. The number of para-hydroxylation sites is 1. The predicted molar refractivity (Wildman–Crippen MR) is 74.5 cm³/mol. The van der Waals surface area contributed by atoms with Gasteiger partial charge in [-0.15, -0.1) is 0 Å². The van der Waals surface area contributed by atoms with Gasteiger partial charge in [-0.25, -0.2) is 8.42 Å². The molecule has 2 unspecified atom stereocenters. The summed E-state index contributed by atoms with van der Waals surface area (Å²) in [5.74, 6) is -0.607. The lowest BCUT2D eigenvalue weighted by Gasteiger charge is -2.33. The van der Waals surface area contributed by atoms with Crippen LogP contribution >= 0.6 is 0 Å². The highest BCUT2D eigenvalue weighted by Gasteiger charge is 2.52. The molecule has 1 saturated carbocycles. The van der Waals surface area contributed by atoms with E-state index in [1.54, 1.807) is 12.1 Å². The molecule has 3 N–H and O–H groups in total. The van der Waals surface area contributed by atoms with Crippen molar-refractivity contribution in [1.29, 1.82) is 0 Å². The molecule has 1 aliphatic carbocycles. The lowest BCUT2D eigenvalue weighted by Crippen LogP contribution is -2.58. The van der Waals surface area contributed by atoms with Gasteiger partial charge in [-0.2, -0.15) is 0 Å². The van der Waals surface area contributed by atoms with Crippen molar-refractivity contribution in [2.75, 3.05) is 11.6 Å². The third-order valence-electron chi connectivity index (χ3n) is 3.68. The number of primary amides is 1. The average Bonchev–Trinajstić information content (AvgIpc) is 2.75. The van der Waals surface area contributed by atoms with Gasteiger partial charge in [-0.1, -0.05) is 18.2 Å². The molecular weight excluding hydrogens is 264 g/mol. The van der Waals surface area contributed by atoms with Crippen molar-refractivity contribution < 1.29 is 13.2 Å². The Morgan fingerprint density at radius 3 is 2.53 bits per heavy atom. The Labute approximate surface area is 113 Å². The molecule has 0 spiro atoms. The number of sulfone groups is 1. The van der Waals surface area contributed by atoms with Crippen LogP contribution in [-0.4, -0.2) is 31.4 Å². The van der Waals surface area contributed by atoms with Gasteiger partial charge >= 0.3 is 0 Å². The number of anilines is 1. The normalized spacial score (nSPS) is 27.1. The molecule has 1 aromatic carbocycles. The Bertz CT molecular complexity index is 571. The highest BCUT2D eigenvalue weighted by atomic mass is 32.2. The number of hydrogen-bond acceptors (Lipinski definition) is 4. The zero-order chi connectivity index (χ0) is 14.1. The van der Waals surface area contributed by atoms with Crippen LogP contribution in [0.5, 0.6) is 0 Å². The zero-order valence-electron chi connectivity index (χ0n) is 10.8. The predicted octanol–water partition coefficient (Wildman–Crippen LogP) is 0.920. The Kier molecular flexibility index (Phi) is 3.54. The summed E-state index contributed by atoms with van der Waals surface area (Å²) >= 11 is 0. The summed E-state index contributed by atoms with van der Waals surface area (Å²) in [6, 6.07) is 9.08. The van der Waals surface area contributed by atoms with E-state index in [1.807, 2.05) is 18.2 Å². The minimum Gasteiger partial charge on any atom is -0.370 e. The Morgan fingerprint density at radius 2 is 2.00 bits per heavy atom. The smallest absolute Gasteiger partial charge is 0.244 e. The van der Waals surface area contributed by atoms with Crippen molar-refractivity contribution in [2.45, 2.75) is 30.1 Å². The van der Waals surface area contributed by atoms with E-state index in [4.69, 9.17) is 5.73 Å². The molecule has 1 fully saturated rings. The summed E-state index contributed by atoms with van der Waals surface area (Å²) in [7, 11) is -3.34. The van der Waals surface area contributed by atoms with Crippen molar-refractivity contribution in [3.8, 4) is 0 Å². The van der Waals surface area contributed by atoms with Gasteiger partial charge in [0.2, 0.25) is 5.91 Å². The molecule has 0 aliphatic heterocycles. The van der Waals surface area contributed by atoms with Crippen molar-refractivity contribution in [1.82, 2.24) is 0 Å². The quantitative estimate of drug-likeness (QED) is 0.859.